The number of hydrogen-bond donors (Lipinski definition) is 2. The van der Waals surface area contributed by atoms with Gasteiger partial charge < -0.3 is 20.1 Å². The summed E-state index contributed by atoms with van der Waals surface area (Å²) in [6.45, 7) is 2.09. The standard InChI is InChI=1S/C19H22N4O2/c1-12-6-5-7-16-17(8-12)23-18(20-2)19(22-16)21-13-9-14(24-3)11-15(10-13)25-4/h5-7,9-11H,8H2,1-4H3,(H,20,23)(H,21,22). The SMILES string of the molecule is CNc1nc2c(nc1Nc1cc(OC)cc(OC)c1)C=CC=C(C)C2. The maximum absolute atomic E-state index is 5.32. The van der Waals surface area contributed by atoms with Crippen LogP contribution in [0.25, 0.3) is 6.08 Å². The van der Waals surface area contributed by atoms with E-state index in [1.165, 1.54) is 5.57 Å². The van der Waals surface area contributed by atoms with Crippen molar-refractivity contribution in [2.45, 2.75) is 13.3 Å². The fourth-order valence-corrected chi connectivity index (χ4v) is 2.65. The Bertz CT molecular complexity index is 821. The van der Waals surface area contributed by atoms with Crippen molar-refractivity contribution in [3.05, 3.63) is 47.3 Å². The average Bonchev–Trinajstić information content (AvgIpc) is 2.80. The van der Waals surface area contributed by atoms with Crippen molar-refractivity contribution in [3.8, 4) is 11.5 Å². The second-order valence-corrected chi connectivity index (χ2v) is 5.78. The predicted octanol–water partition coefficient (Wildman–Crippen LogP) is 3.79. The summed E-state index contributed by atoms with van der Waals surface area (Å²) in [4.78, 5) is 9.48. The number of fused-ring (bicyclic) bond motifs is 1. The Kier molecular flexibility index (Phi) is 4.88. The third kappa shape index (κ3) is 3.74. The van der Waals surface area contributed by atoms with E-state index in [4.69, 9.17) is 19.4 Å². The summed E-state index contributed by atoms with van der Waals surface area (Å²) in [6.07, 6.45) is 6.86. The summed E-state index contributed by atoms with van der Waals surface area (Å²) < 4.78 is 10.6. The van der Waals surface area contributed by atoms with E-state index < -0.39 is 0 Å². The molecular formula is C19H22N4O2. The van der Waals surface area contributed by atoms with E-state index in [1.54, 1.807) is 14.2 Å². The van der Waals surface area contributed by atoms with Gasteiger partial charge in [0.2, 0.25) is 0 Å². The third-order valence-corrected chi connectivity index (χ3v) is 3.93. The lowest BCUT2D eigenvalue weighted by Gasteiger charge is -2.15. The Balaban J connectivity index is 1.99. The molecule has 0 atom stereocenters. The van der Waals surface area contributed by atoms with Crippen molar-refractivity contribution in [1.29, 1.82) is 0 Å². The van der Waals surface area contributed by atoms with E-state index in [9.17, 15) is 0 Å². The number of allylic oxidation sites excluding steroid dienone is 3. The summed E-state index contributed by atoms with van der Waals surface area (Å²) in [5.41, 5.74) is 3.89. The molecule has 1 heterocycles. The van der Waals surface area contributed by atoms with Crippen LogP contribution in [0, 0.1) is 0 Å². The number of methoxy groups -OCH3 is 2. The first-order valence-electron chi connectivity index (χ1n) is 8.05. The highest BCUT2D eigenvalue weighted by Gasteiger charge is 2.14. The fraction of sp³-hybridized carbons (Fsp3) is 0.263. The molecule has 0 bridgehead atoms. The third-order valence-electron chi connectivity index (χ3n) is 3.93. The lowest BCUT2D eigenvalue weighted by Crippen LogP contribution is -2.07. The van der Waals surface area contributed by atoms with Crippen LogP contribution in [0.1, 0.15) is 18.3 Å². The van der Waals surface area contributed by atoms with E-state index in [2.05, 4.69) is 23.6 Å². The van der Waals surface area contributed by atoms with Gasteiger partial charge in [-0.3, -0.25) is 0 Å². The van der Waals surface area contributed by atoms with Gasteiger partial charge in [-0.05, 0) is 13.0 Å². The van der Waals surface area contributed by atoms with Crippen molar-refractivity contribution >= 4 is 23.4 Å². The number of rotatable bonds is 5. The molecule has 0 fully saturated rings. The van der Waals surface area contributed by atoms with Gasteiger partial charge in [-0.25, -0.2) is 9.97 Å². The average molecular weight is 338 g/mol. The Morgan fingerprint density at radius 1 is 1.00 bits per heavy atom. The minimum absolute atomic E-state index is 0.653. The molecule has 0 saturated carbocycles. The first-order valence-corrected chi connectivity index (χ1v) is 8.05. The molecule has 1 aromatic heterocycles. The number of hydrogen-bond acceptors (Lipinski definition) is 6. The van der Waals surface area contributed by atoms with Crippen molar-refractivity contribution in [3.63, 3.8) is 0 Å². The minimum Gasteiger partial charge on any atom is -0.497 e. The van der Waals surface area contributed by atoms with Crippen molar-refractivity contribution in [2.75, 3.05) is 31.9 Å². The van der Waals surface area contributed by atoms with Gasteiger partial charge in [0.15, 0.2) is 11.6 Å². The lowest BCUT2D eigenvalue weighted by molar-refractivity contribution is 0.395. The molecule has 2 aromatic rings. The van der Waals surface area contributed by atoms with E-state index in [0.717, 1.165) is 23.5 Å². The van der Waals surface area contributed by atoms with E-state index in [1.807, 2.05) is 37.4 Å². The van der Waals surface area contributed by atoms with Crippen LogP contribution in [0.15, 0.2) is 35.9 Å². The molecule has 0 amide bonds. The highest BCUT2D eigenvalue weighted by atomic mass is 16.5. The Hall–Kier alpha value is -3.02. The maximum Gasteiger partial charge on any atom is 0.174 e. The summed E-state index contributed by atoms with van der Waals surface area (Å²) in [5.74, 6) is 2.76. The molecule has 1 aliphatic rings. The van der Waals surface area contributed by atoms with Crippen LogP contribution < -0.4 is 20.1 Å². The van der Waals surface area contributed by atoms with Gasteiger partial charge in [-0.15, -0.1) is 0 Å². The second kappa shape index (κ2) is 7.25. The van der Waals surface area contributed by atoms with Gasteiger partial charge in [0.05, 0.1) is 25.6 Å². The molecule has 0 saturated heterocycles. The van der Waals surface area contributed by atoms with E-state index >= 15 is 0 Å². The van der Waals surface area contributed by atoms with Gasteiger partial charge in [-0.2, -0.15) is 0 Å². The molecule has 0 aliphatic heterocycles. The molecule has 2 N–H and O–H groups in total. The van der Waals surface area contributed by atoms with Gasteiger partial charge in [0.25, 0.3) is 0 Å². The molecular weight excluding hydrogens is 316 g/mol. The number of nitrogens with zero attached hydrogens (tertiary/aromatic N) is 2. The Morgan fingerprint density at radius 3 is 2.36 bits per heavy atom. The van der Waals surface area contributed by atoms with Gasteiger partial charge in [0.1, 0.15) is 11.5 Å². The van der Waals surface area contributed by atoms with Gasteiger partial charge >= 0.3 is 0 Å². The second-order valence-electron chi connectivity index (χ2n) is 5.78. The van der Waals surface area contributed by atoms with Crippen molar-refractivity contribution < 1.29 is 9.47 Å². The fourth-order valence-electron chi connectivity index (χ4n) is 2.65. The van der Waals surface area contributed by atoms with E-state index in [0.29, 0.717) is 23.1 Å². The normalized spacial score (nSPS) is 12.7. The quantitative estimate of drug-likeness (QED) is 0.864. The molecule has 6 heteroatoms. The van der Waals surface area contributed by atoms with Crippen LogP contribution in [0.2, 0.25) is 0 Å². The highest BCUT2D eigenvalue weighted by Crippen LogP contribution is 2.30. The van der Waals surface area contributed by atoms with Gasteiger partial charge in [-0.1, -0.05) is 17.7 Å². The van der Waals surface area contributed by atoms with Crippen LogP contribution in [0.3, 0.4) is 0 Å². The molecule has 0 unspecified atom stereocenters. The highest BCUT2D eigenvalue weighted by molar-refractivity contribution is 5.71. The maximum atomic E-state index is 5.32. The van der Waals surface area contributed by atoms with Crippen LogP contribution in [-0.4, -0.2) is 31.2 Å². The monoisotopic (exact) mass is 338 g/mol. The van der Waals surface area contributed by atoms with Crippen LogP contribution >= 0.6 is 0 Å². The number of ether oxygens (including phenoxy) is 2. The first-order chi connectivity index (χ1) is 12.1. The smallest absolute Gasteiger partial charge is 0.174 e. The predicted molar refractivity (Wildman–Crippen MR) is 101 cm³/mol. The number of benzene rings is 1. The van der Waals surface area contributed by atoms with Crippen LogP contribution in [-0.2, 0) is 6.42 Å². The molecule has 25 heavy (non-hydrogen) atoms. The summed E-state index contributed by atoms with van der Waals surface area (Å²) in [5, 5.41) is 6.42. The summed E-state index contributed by atoms with van der Waals surface area (Å²) >= 11 is 0. The van der Waals surface area contributed by atoms with Crippen LogP contribution in [0.4, 0.5) is 17.3 Å². The lowest BCUT2D eigenvalue weighted by atomic mass is 10.1. The zero-order valence-electron chi connectivity index (χ0n) is 14.9. The molecule has 3 rings (SSSR count). The van der Waals surface area contributed by atoms with Gasteiger partial charge in [0, 0.05) is 37.4 Å². The first kappa shape index (κ1) is 16.8. The topological polar surface area (TPSA) is 68.3 Å². The molecule has 1 aliphatic carbocycles. The molecule has 0 spiro atoms. The molecule has 6 nitrogen and oxygen atoms in total. The summed E-state index contributed by atoms with van der Waals surface area (Å²) in [6, 6.07) is 5.59. The molecule has 1 aromatic carbocycles. The number of nitrogens with one attached hydrogen (secondary N) is 2. The summed E-state index contributed by atoms with van der Waals surface area (Å²) in [7, 11) is 5.09. The number of aromatic nitrogens is 2. The zero-order valence-corrected chi connectivity index (χ0v) is 14.9. The van der Waals surface area contributed by atoms with Crippen LogP contribution in [0.5, 0.6) is 11.5 Å². The minimum atomic E-state index is 0.653. The zero-order chi connectivity index (χ0) is 17.8. The largest absolute Gasteiger partial charge is 0.497 e. The van der Waals surface area contributed by atoms with E-state index in [-0.39, 0.29) is 0 Å². The Labute approximate surface area is 147 Å². The van der Waals surface area contributed by atoms with Crippen molar-refractivity contribution in [1.82, 2.24) is 9.97 Å². The number of anilines is 3. The van der Waals surface area contributed by atoms with Crippen molar-refractivity contribution in [2.24, 2.45) is 0 Å². The molecule has 130 valence electrons. The Morgan fingerprint density at radius 2 is 1.72 bits per heavy atom. The molecule has 0 radical (unpaired) electrons.